The van der Waals surface area contributed by atoms with Crippen LogP contribution >= 0.6 is 11.8 Å². The van der Waals surface area contributed by atoms with E-state index in [0.717, 1.165) is 4.90 Å². The largest absolute Gasteiger partial charge is 0.463 e. The van der Waals surface area contributed by atoms with Crippen molar-refractivity contribution < 1.29 is 23.9 Å². The first-order valence-electron chi connectivity index (χ1n) is 8.82. The summed E-state index contributed by atoms with van der Waals surface area (Å²) in [5.41, 5.74) is 0.546. The predicted molar refractivity (Wildman–Crippen MR) is 102 cm³/mol. The second-order valence-corrected chi connectivity index (χ2v) is 7.27. The van der Waals surface area contributed by atoms with Crippen LogP contribution in [0.25, 0.3) is 0 Å². The molecule has 0 radical (unpaired) electrons. The lowest BCUT2D eigenvalue weighted by Crippen LogP contribution is -2.51. The van der Waals surface area contributed by atoms with Crippen molar-refractivity contribution >= 4 is 29.7 Å². The first-order chi connectivity index (χ1) is 13.0. The Morgan fingerprint density at radius 3 is 2.52 bits per heavy atom. The van der Waals surface area contributed by atoms with E-state index in [1.807, 2.05) is 37.3 Å². The maximum atomic E-state index is 12.3. The molecule has 0 aromatic heterocycles. The van der Waals surface area contributed by atoms with Crippen molar-refractivity contribution in [2.75, 3.05) is 13.2 Å². The van der Waals surface area contributed by atoms with Crippen LogP contribution in [-0.2, 0) is 19.1 Å². The number of thioether (sulfide) groups is 1. The zero-order valence-electron chi connectivity index (χ0n) is 15.6. The van der Waals surface area contributed by atoms with E-state index in [-0.39, 0.29) is 24.5 Å². The predicted octanol–water partition coefficient (Wildman–Crippen LogP) is 2.62. The van der Waals surface area contributed by atoms with Crippen LogP contribution in [0.5, 0.6) is 0 Å². The van der Waals surface area contributed by atoms with Crippen molar-refractivity contribution in [3.8, 4) is 0 Å². The number of benzene rings is 1. The molecule has 0 saturated heterocycles. The fourth-order valence-electron chi connectivity index (χ4n) is 2.59. The number of nitrogens with one attached hydrogen (secondary N) is 2. The molecule has 146 valence electrons. The molecule has 1 aromatic rings. The first-order valence-corrected chi connectivity index (χ1v) is 9.70. The van der Waals surface area contributed by atoms with Gasteiger partial charge in [-0.05, 0) is 32.4 Å². The van der Waals surface area contributed by atoms with Crippen molar-refractivity contribution in [3.05, 3.63) is 41.6 Å². The van der Waals surface area contributed by atoms with Crippen molar-refractivity contribution in [1.29, 1.82) is 0 Å². The van der Waals surface area contributed by atoms with Gasteiger partial charge in [0.05, 0.1) is 23.9 Å². The molecule has 0 fully saturated rings. The Morgan fingerprint density at radius 1 is 1.19 bits per heavy atom. The standard InChI is InChI=1S/C19H24N2O5S/c1-4-14-16(18(23)25-5-2)15(21-19(24)20-14)11-26-17(22)12(3)27-13-9-7-6-8-10-13/h6-10,12,14H,4-5,11H2,1-3H3,(H2,20,21,24)/t12-,14+/m0/s1. The van der Waals surface area contributed by atoms with Gasteiger partial charge in [0.15, 0.2) is 0 Å². The van der Waals surface area contributed by atoms with Gasteiger partial charge >= 0.3 is 18.0 Å². The molecule has 0 bridgehead atoms. The summed E-state index contributed by atoms with van der Waals surface area (Å²) in [6.07, 6.45) is 0.513. The topological polar surface area (TPSA) is 93.7 Å². The van der Waals surface area contributed by atoms with Crippen LogP contribution in [0.2, 0.25) is 0 Å². The Bertz CT molecular complexity index is 720. The number of amides is 2. The number of carbonyl (C=O) groups is 3. The lowest BCUT2D eigenvalue weighted by molar-refractivity contribution is -0.143. The zero-order valence-corrected chi connectivity index (χ0v) is 16.4. The normalized spacial score (nSPS) is 17.6. The highest BCUT2D eigenvalue weighted by Gasteiger charge is 2.32. The van der Waals surface area contributed by atoms with Crippen molar-refractivity contribution in [3.63, 3.8) is 0 Å². The third-order valence-corrected chi connectivity index (χ3v) is 4.98. The van der Waals surface area contributed by atoms with Crippen LogP contribution in [0.15, 0.2) is 46.5 Å². The minimum absolute atomic E-state index is 0.198. The van der Waals surface area contributed by atoms with Gasteiger partial charge in [0.25, 0.3) is 0 Å². The van der Waals surface area contributed by atoms with Gasteiger partial charge in [-0.3, -0.25) is 4.79 Å². The number of hydrogen-bond acceptors (Lipinski definition) is 6. The molecular formula is C19H24N2O5S. The fraction of sp³-hybridized carbons (Fsp3) is 0.421. The Morgan fingerprint density at radius 2 is 1.89 bits per heavy atom. The number of carbonyl (C=O) groups excluding carboxylic acids is 3. The summed E-state index contributed by atoms with van der Waals surface area (Å²) in [7, 11) is 0. The highest BCUT2D eigenvalue weighted by Crippen LogP contribution is 2.24. The lowest BCUT2D eigenvalue weighted by Gasteiger charge is -2.28. The molecule has 0 spiro atoms. The maximum Gasteiger partial charge on any atom is 0.338 e. The molecule has 27 heavy (non-hydrogen) atoms. The molecule has 0 unspecified atom stereocenters. The average molecular weight is 392 g/mol. The molecule has 2 N–H and O–H groups in total. The second kappa shape index (κ2) is 10.0. The van der Waals surface area contributed by atoms with Crippen LogP contribution < -0.4 is 10.6 Å². The van der Waals surface area contributed by atoms with E-state index in [1.54, 1.807) is 13.8 Å². The van der Waals surface area contributed by atoms with Gasteiger partial charge in [-0.2, -0.15) is 0 Å². The van der Waals surface area contributed by atoms with Crippen molar-refractivity contribution in [2.24, 2.45) is 0 Å². The summed E-state index contributed by atoms with van der Waals surface area (Å²) in [5, 5.41) is 4.80. The molecule has 8 heteroatoms. The minimum Gasteiger partial charge on any atom is -0.463 e. The number of hydrogen-bond donors (Lipinski definition) is 2. The van der Waals surface area contributed by atoms with Crippen LogP contribution in [0, 0.1) is 0 Å². The third kappa shape index (κ3) is 5.75. The molecule has 2 amide bonds. The second-order valence-electron chi connectivity index (χ2n) is 5.85. The highest BCUT2D eigenvalue weighted by molar-refractivity contribution is 8.00. The number of esters is 2. The molecule has 2 rings (SSSR count). The summed E-state index contributed by atoms with van der Waals surface area (Å²) < 4.78 is 10.4. The molecule has 1 aromatic carbocycles. The summed E-state index contributed by atoms with van der Waals surface area (Å²) in [5.74, 6) is -0.963. The van der Waals surface area contributed by atoms with Crippen LogP contribution in [0.1, 0.15) is 27.2 Å². The van der Waals surface area contributed by atoms with Gasteiger partial charge in [-0.25, -0.2) is 9.59 Å². The van der Waals surface area contributed by atoms with E-state index in [4.69, 9.17) is 9.47 Å². The van der Waals surface area contributed by atoms with Crippen LogP contribution in [0.4, 0.5) is 4.79 Å². The third-order valence-electron chi connectivity index (χ3n) is 3.89. The average Bonchev–Trinajstić information content (AvgIpc) is 2.66. The SMILES string of the molecule is CCOC(=O)C1=C(COC(=O)[C@H](C)Sc2ccccc2)NC(=O)N[C@@H]1CC. The van der Waals surface area contributed by atoms with Gasteiger partial charge < -0.3 is 20.1 Å². The number of urea groups is 1. The van der Waals surface area contributed by atoms with E-state index in [1.165, 1.54) is 11.8 Å². The molecule has 1 aliphatic heterocycles. The zero-order chi connectivity index (χ0) is 19.8. The summed E-state index contributed by atoms with van der Waals surface area (Å²) in [6, 6.07) is 8.60. The first kappa shape index (κ1) is 20.8. The Kier molecular flexibility index (Phi) is 7.72. The van der Waals surface area contributed by atoms with Crippen LogP contribution in [-0.4, -0.2) is 42.5 Å². The molecule has 2 atom stereocenters. The monoisotopic (exact) mass is 392 g/mol. The van der Waals surface area contributed by atoms with Crippen molar-refractivity contribution in [1.82, 2.24) is 10.6 Å². The summed E-state index contributed by atoms with van der Waals surface area (Å²) in [6.45, 7) is 5.31. The quantitative estimate of drug-likeness (QED) is 0.522. The molecule has 0 aliphatic carbocycles. The maximum absolute atomic E-state index is 12.3. The van der Waals surface area contributed by atoms with Crippen LogP contribution in [0.3, 0.4) is 0 Å². The Balaban J connectivity index is 2.08. The summed E-state index contributed by atoms with van der Waals surface area (Å²) >= 11 is 1.38. The highest BCUT2D eigenvalue weighted by atomic mass is 32.2. The smallest absolute Gasteiger partial charge is 0.338 e. The molecular weight excluding hydrogens is 368 g/mol. The van der Waals surface area contributed by atoms with Gasteiger partial charge in [0, 0.05) is 4.90 Å². The molecule has 1 heterocycles. The molecule has 0 saturated carbocycles. The van der Waals surface area contributed by atoms with Gasteiger partial charge in [0.2, 0.25) is 0 Å². The number of rotatable bonds is 8. The van der Waals surface area contributed by atoms with E-state index in [0.29, 0.717) is 6.42 Å². The van der Waals surface area contributed by atoms with Gasteiger partial charge in [-0.1, -0.05) is 25.1 Å². The lowest BCUT2D eigenvalue weighted by atomic mass is 10.0. The molecule has 1 aliphatic rings. The molecule has 7 nitrogen and oxygen atoms in total. The Labute approximate surface area is 162 Å². The van der Waals surface area contributed by atoms with E-state index >= 15 is 0 Å². The fourth-order valence-corrected chi connectivity index (χ4v) is 3.47. The summed E-state index contributed by atoms with van der Waals surface area (Å²) in [4.78, 5) is 37.4. The van der Waals surface area contributed by atoms with Gasteiger partial charge in [-0.15, -0.1) is 11.8 Å². The van der Waals surface area contributed by atoms with E-state index < -0.39 is 29.3 Å². The number of ether oxygens (including phenoxy) is 2. The Hall–Kier alpha value is -2.48. The van der Waals surface area contributed by atoms with Gasteiger partial charge in [0.1, 0.15) is 11.9 Å². The van der Waals surface area contributed by atoms with Crippen molar-refractivity contribution in [2.45, 2.75) is 43.4 Å². The van der Waals surface area contributed by atoms with E-state index in [9.17, 15) is 14.4 Å². The minimum atomic E-state index is -0.533. The van der Waals surface area contributed by atoms with E-state index in [2.05, 4.69) is 10.6 Å².